The lowest BCUT2D eigenvalue weighted by atomic mass is 9.97. The molecule has 2 aliphatic heterocycles. The number of nitrogens with zero attached hydrogens (tertiary/aromatic N) is 2. The molecule has 0 aromatic carbocycles. The molecule has 132 valence electrons. The standard InChI is InChI=1S/C17H30N2O4/c1-13(2)12-14(3)23-16(20)15-4-6-18(7-5-15)17(21)19-8-10-22-11-9-19/h13-15H,4-12H2,1-3H3/t14-/m0/s1. The van der Waals surface area contributed by atoms with Crippen LogP contribution in [0.3, 0.4) is 0 Å². The molecule has 0 radical (unpaired) electrons. The van der Waals surface area contributed by atoms with Crippen LogP contribution in [0, 0.1) is 11.8 Å². The number of hydrogen-bond acceptors (Lipinski definition) is 4. The third-order valence-electron chi connectivity index (χ3n) is 4.50. The van der Waals surface area contributed by atoms with Gasteiger partial charge >= 0.3 is 12.0 Å². The zero-order chi connectivity index (χ0) is 16.8. The second kappa shape index (κ2) is 8.52. The molecule has 2 amide bonds. The van der Waals surface area contributed by atoms with Gasteiger partial charge in [-0.05, 0) is 32.1 Å². The van der Waals surface area contributed by atoms with Gasteiger partial charge in [0, 0.05) is 26.2 Å². The van der Waals surface area contributed by atoms with Crippen molar-refractivity contribution in [3.8, 4) is 0 Å². The molecule has 23 heavy (non-hydrogen) atoms. The van der Waals surface area contributed by atoms with Crippen LogP contribution < -0.4 is 0 Å². The monoisotopic (exact) mass is 326 g/mol. The van der Waals surface area contributed by atoms with Crippen LogP contribution in [-0.2, 0) is 14.3 Å². The van der Waals surface area contributed by atoms with Gasteiger partial charge in [-0.2, -0.15) is 0 Å². The van der Waals surface area contributed by atoms with Crippen LogP contribution in [0.15, 0.2) is 0 Å². The van der Waals surface area contributed by atoms with E-state index >= 15 is 0 Å². The summed E-state index contributed by atoms with van der Waals surface area (Å²) in [5.74, 6) is 0.348. The Morgan fingerprint density at radius 1 is 1.04 bits per heavy atom. The molecule has 0 spiro atoms. The van der Waals surface area contributed by atoms with Gasteiger partial charge in [-0.3, -0.25) is 4.79 Å². The highest BCUT2D eigenvalue weighted by Crippen LogP contribution is 2.21. The normalized spacial score (nSPS) is 21.4. The maximum Gasteiger partial charge on any atom is 0.320 e. The molecule has 6 heteroatoms. The van der Waals surface area contributed by atoms with Gasteiger partial charge in [0.1, 0.15) is 0 Å². The molecule has 0 saturated carbocycles. The predicted molar refractivity (Wildman–Crippen MR) is 87.1 cm³/mol. The lowest BCUT2D eigenvalue weighted by Crippen LogP contribution is -2.51. The fraction of sp³-hybridized carbons (Fsp3) is 0.882. The molecule has 2 rings (SSSR count). The van der Waals surface area contributed by atoms with E-state index in [9.17, 15) is 9.59 Å². The molecular formula is C17H30N2O4. The molecule has 2 fully saturated rings. The SMILES string of the molecule is CC(C)C[C@H](C)OC(=O)C1CCN(C(=O)N2CCOCC2)CC1. The van der Waals surface area contributed by atoms with E-state index in [1.165, 1.54) is 0 Å². The summed E-state index contributed by atoms with van der Waals surface area (Å²) in [6.07, 6.45) is 2.25. The minimum atomic E-state index is -0.100. The minimum Gasteiger partial charge on any atom is -0.462 e. The van der Waals surface area contributed by atoms with E-state index in [1.807, 2.05) is 16.7 Å². The van der Waals surface area contributed by atoms with Crippen molar-refractivity contribution in [3.63, 3.8) is 0 Å². The molecule has 2 heterocycles. The molecule has 0 aliphatic carbocycles. The second-order valence-corrected chi connectivity index (χ2v) is 7.02. The zero-order valence-corrected chi connectivity index (χ0v) is 14.6. The van der Waals surface area contributed by atoms with Crippen LogP contribution in [0.1, 0.15) is 40.0 Å². The van der Waals surface area contributed by atoms with Crippen LogP contribution in [0.25, 0.3) is 0 Å². The minimum absolute atomic E-state index is 0.0319. The number of hydrogen-bond donors (Lipinski definition) is 0. The van der Waals surface area contributed by atoms with E-state index in [1.54, 1.807) is 0 Å². The number of carbonyl (C=O) groups is 2. The summed E-state index contributed by atoms with van der Waals surface area (Å²) >= 11 is 0. The van der Waals surface area contributed by atoms with E-state index in [2.05, 4.69) is 13.8 Å². The Morgan fingerprint density at radius 2 is 1.61 bits per heavy atom. The molecule has 0 aromatic rings. The Labute approximate surface area is 139 Å². The van der Waals surface area contributed by atoms with Crippen LogP contribution in [-0.4, -0.2) is 67.3 Å². The van der Waals surface area contributed by atoms with Crippen LogP contribution in [0.2, 0.25) is 0 Å². The van der Waals surface area contributed by atoms with Crippen molar-refractivity contribution >= 4 is 12.0 Å². The summed E-state index contributed by atoms with van der Waals surface area (Å²) in [4.78, 5) is 28.3. The number of carbonyl (C=O) groups excluding carboxylic acids is 2. The Morgan fingerprint density at radius 3 is 2.17 bits per heavy atom. The van der Waals surface area contributed by atoms with Crippen molar-refractivity contribution in [1.82, 2.24) is 9.80 Å². The van der Waals surface area contributed by atoms with Gasteiger partial charge in [0.2, 0.25) is 0 Å². The van der Waals surface area contributed by atoms with Gasteiger partial charge in [0.05, 0.1) is 25.2 Å². The average Bonchev–Trinajstić information content (AvgIpc) is 2.54. The van der Waals surface area contributed by atoms with Gasteiger partial charge in [-0.1, -0.05) is 13.8 Å². The number of ether oxygens (including phenoxy) is 2. The molecule has 0 aromatic heterocycles. The van der Waals surface area contributed by atoms with Crippen LogP contribution in [0.4, 0.5) is 4.79 Å². The second-order valence-electron chi connectivity index (χ2n) is 7.02. The van der Waals surface area contributed by atoms with E-state index < -0.39 is 0 Å². The van der Waals surface area contributed by atoms with Gasteiger partial charge in [0.25, 0.3) is 0 Å². The first-order valence-electron chi connectivity index (χ1n) is 8.79. The van der Waals surface area contributed by atoms with E-state index in [0.717, 1.165) is 6.42 Å². The number of piperidine rings is 1. The number of morpholine rings is 1. The molecule has 0 bridgehead atoms. The van der Waals surface area contributed by atoms with E-state index in [4.69, 9.17) is 9.47 Å². The topological polar surface area (TPSA) is 59.1 Å². The maximum atomic E-state index is 12.4. The van der Waals surface area contributed by atoms with Crippen molar-refractivity contribution in [2.24, 2.45) is 11.8 Å². The summed E-state index contributed by atoms with van der Waals surface area (Å²) < 4.78 is 10.8. The lowest BCUT2D eigenvalue weighted by Gasteiger charge is -2.36. The predicted octanol–water partition coefficient (Wildman–Crippen LogP) is 2.13. The number of esters is 1. The van der Waals surface area contributed by atoms with Gasteiger partial charge in [-0.15, -0.1) is 0 Å². The fourth-order valence-corrected chi connectivity index (χ4v) is 3.27. The summed E-state index contributed by atoms with van der Waals surface area (Å²) in [6, 6.07) is 0.0771. The van der Waals surface area contributed by atoms with Crippen molar-refractivity contribution in [2.75, 3.05) is 39.4 Å². The first-order valence-corrected chi connectivity index (χ1v) is 8.79. The fourth-order valence-electron chi connectivity index (χ4n) is 3.27. The Hall–Kier alpha value is -1.30. The molecule has 2 aliphatic rings. The van der Waals surface area contributed by atoms with Crippen molar-refractivity contribution in [1.29, 1.82) is 0 Å². The number of urea groups is 1. The highest BCUT2D eigenvalue weighted by atomic mass is 16.5. The van der Waals surface area contributed by atoms with Gasteiger partial charge in [0.15, 0.2) is 0 Å². The molecule has 0 unspecified atom stereocenters. The largest absolute Gasteiger partial charge is 0.462 e. The summed E-state index contributed by atoms with van der Waals surface area (Å²) in [6.45, 7) is 10.0. The highest BCUT2D eigenvalue weighted by molar-refractivity contribution is 5.76. The number of likely N-dealkylation sites (tertiary alicyclic amines) is 1. The first kappa shape index (κ1) is 18.0. The average molecular weight is 326 g/mol. The summed E-state index contributed by atoms with van der Waals surface area (Å²) in [5, 5.41) is 0. The Bertz CT molecular complexity index is 399. The third-order valence-corrected chi connectivity index (χ3v) is 4.50. The molecule has 1 atom stereocenters. The molecule has 2 saturated heterocycles. The zero-order valence-electron chi connectivity index (χ0n) is 14.6. The molecule has 6 nitrogen and oxygen atoms in total. The van der Waals surface area contributed by atoms with Crippen LogP contribution in [0.5, 0.6) is 0 Å². The van der Waals surface area contributed by atoms with Crippen LogP contribution >= 0.6 is 0 Å². The summed E-state index contributed by atoms with van der Waals surface area (Å²) in [5.41, 5.74) is 0. The summed E-state index contributed by atoms with van der Waals surface area (Å²) in [7, 11) is 0. The number of rotatable bonds is 4. The van der Waals surface area contributed by atoms with Gasteiger partial charge in [-0.25, -0.2) is 4.79 Å². The van der Waals surface area contributed by atoms with Crippen molar-refractivity contribution in [3.05, 3.63) is 0 Å². The molecule has 0 N–H and O–H groups in total. The quantitative estimate of drug-likeness (QED) is 0.743. The first-order chi connectivity index (χ1) is 11.0. The van der Waals surface area contributed by atoms with Crippen molar-refractivity contribution < 1.29 is 19.1 Å². The Balaban J connectivity index is 1.74. The Kier molecular flexibility index (Phi) is 6.69. The van der Waals surface area contributed by atoms with Gasteiger partial charge < -0.3 is 19.3 Å². The maximum absolute atomic E-state index is 12.4. The lowest BCUT2D eigenvalue weighted by molar-refractivity contribution is -0.155. The number of amides is 2. The smallest absolute Gasteiger partial charge is 0.320 e. The molecular weight excluding hydrogens is 296 g/mol. The van der Waals surface area contributed by atoms with E-state index in [-0.39, 0.29) is 24.0 Å². The van der Waals surface area contributed by atoms with E-state index in [0.29, 0.717) is 58.2 Å². The third kappa shape index (κ3) is 5.37. The highest BCUT2D eigenvalue weighted by Gasteiger charge is 2.31. The van der Waals surface area contributed by atoms with Crippen molar-refractivity contribution in [2.45, 2.75) is 46.1 Å².